The Morgan fingerprint density at radius 3 is 3.06 bits per heavy atom. The number of fused-ring (bicyclic) bond motifs is 1. The Kier molecular flexibility index (Phi) is 3.03. The number of aliphatic hydroxyl groups excluding tert-OH is 1. The number of hydrogen-bond acceptors (Lipinski definition) is 3. The van der Waals surface area contributed by atoms with E-state index in [4.69, 9.17) is 0 Å². The third kappa shape index (κ3) is 2.05. The first-order chi connectivity index (χ1) is 8.25. The quantitative estimate of drug-likeness (QED) is 0.918. The number of hydrogen-bond donors (Lipinski definition) is 1. The van der Waals surface area contributed by atoms with E-state index in [0.29, 0.717) is 0 Å². The standard InChI is InChI=1S/C13H12BrNOS/c14-11-6-5-10(17-11)13(16)9-4-3-8-2-1-7-15-12(8)9/h1-2,5-7,9,13,16H,3-4H2. The van der Waals surface area contributed by atoms with Crippen molar-refractivity contribution in [2.45, 2.75) is 24.9 Å². The lowest BCUT2D eigenvalue weighted by molar-refractivity contribution is 0.147. The molecule has 2 nitrogen and oxygen atoms in total. The molecule has 2 unspecified atom stereocenters. The molecule has 88 valence electrons. The van der Waals surface area contributed by atoms with Gasteiger partial charge in [0.2, 0.25) is 0 Å². The molecular weight excluding hydrogens is 298 g/mol. The number of halogens is 1. The molecule has 0 amide bonds. The Bertz CT molecular complexity index is 540. The van der Waals surface area contributed by atoms with Gasteiger partial charge in [-0.25, -0.2) is 0 Å². The molecule has 0 saturated carbocycles. The highest BCUT2D eigenvalue weighted by molar-refractivity contribution is 9.11. The summed E-state index contributed by atoms with van der Waals surface area (Å²) in [6.45, 7) is 0. The fourth-order valence-electron chi connectivity index (χ4n) is 2.44. The maximum atomic E-state index is 10.4. The summed E-state index contributed by atoms with van der Waals surface area (Å²) >= 11 is 5.03. The highest BCUT2D eigenvalue weighted by Crippen LogP contribution is 2.42. The van der Waals surface area contributed by atoms with E-state index in [1.165, 1.54) is 5.56 Å². The second-order valence-electron chi connectivity index (χ2n) is 4.28. The number of aryl methyl sites for hydroxylation is 1. The number of aromatic nitrogens is 1. The number of pyridine rings is 1. The minimum atomic E-state index is -0.428. The SMILES string of the molecule is OC(c1ccc(Br)s1)C1CCc2cccnc21. The van der Waals surface area contributed by atoms with Gasteiger partial charge in [-0.05, 0) is 52.5 Å². The summed E-state index contributed by atoms with van der Waals surface area (Å²) in [5.41, 5.74) is 2.36. The highest BCUT2D eigenvalue weighted by Gasteiger charge is 2.31. The van der Waals surface area contributed by atoms with Gasteiger partial charge in [0.1, 0.15) is 0 Å². The summed E-state index contributed by atoms with van der Waals surface area (Å²) in [6.07, 6.45) is 3.40. The van der Waals surface area contributed by atoms with Gasteiger partial charge in [-0.15, -0.1) is 11.3 Å². The third-order valence-electron chi connectivity index (χ3n) is 3.27. The van der Waals surface area contributed by atoms with Gasteiger partial charge >= 0.3 is 0 Å². The van der Waals surface area contributed by atoms with Crippen molar-refractivity contribution in [2.75, 3.05) is 0 Å². The molecule has 0 spiro atoms. The molecule has 2 heterocycles. The fourth-order valence-corrected chi connectivity index (χ4v) is 3.91. The normalized spacial score (nSPS) is 20.2. The van der Waals surface area contributed by atoms with Crippen LogP contribution in [-0.2, 0) is 6.42 Å². The largest absolute Gasteiger partial charge is 0.387 e. The lowest BCUT2D eigenvalue weighted by Crippen LogP contribution is -2.07. The molecule has 1 aliphatic carbocycles. The molecule has 0 aromatic carbocycles. The topological polar surface area (TPSA) is 33.1 Å². The van der Waals surface area contributed by atoms with Crippen molar-refractivity contribution in [1.29, 1.82) is 0 Å². The molecule has 3 rings (SSSR count). The monoisotopic (exact) mass is 309 g/mol. The van der Waals surface area contributed by atoms with Crippen LogP contribution in [0.1, 0.15) is 34.6 Å². The summed E-state index contributed by atoms with van der Waals surface area (Å²) in [5, 5.41) is 10.4. The molecule has 0 saturated heterocycles. The Morgan fingerprint density at radius 1 is 1.41 bits per heavy atom. The molecule has 1 aliphatic rings. The molecular formula is C13H12BrNOS. The Hall–Kier alpha value is -0.710. The minimum absolute atomic E-state index is 0.150. The summed E-state index contributed by atoms with van der Waals surface area (Å²) in [4.78, 5) is 5.44. The van der Waals surface area contributed by atoms with Crippen LogP contribution >= 0.6 is 27.3 Å². The zero-order valence-corrected chi connectivity index (χ0v) is 11.5. The average molecular weight is 310 g/mol. The van der Waals surface area contributed by atoms with Gasteiger partial charge < -0.3 is 5.11 Å². The molecule has 1 N–H and O–H groups in total. The van der Waals surface area contributed by atoms with Gasteiger partial charge in [0.25, 0.3) is 0 Å². The second kappa shape index (κ2) is 4.52. The van der Waals surface area contributed by atoms with Crippen LogP contribution in [0.2, 0.25) is 0 Å². The molecule has 2 atom stereocenters. The highest BCUT2D eigenvalue weighted by atomic mass is 79.9. The Morgan fingerprint density at radius 2 is 2.29 bits per heavy atom. The number of thiophene rings is 1. The first-order valence-electron chi connectivity index (χ1n) is 5.63. The smallest absolute Gasteiger partial charge is 0.0965 e. The Labute approximate surface area is 112 Å². The van der Waals surface area contributed by atoms with Crippen molar-refractivity contribution in [3.8, 4) is 0 Å². The van der Waals surface area contributed by atoms with Crippen molar-refractivity contribution in [3.63, 3.8) is 0 Å². The van der Waals surface area contributed by atoms with Crippen LogP contribution in [0.25, 0.3) is 0 Å². The second-order valence-corrected chi connectivity index (χ2v) is 6.77. The maximum absolute atomic E-state index is 10.4. The van der Waals surface area contributed by atoms with Gasteiger partial charge in [0.15, 0.2) is 0 Å². The summed E-state index contributed by atoms with van der Waals surface area (Å²) in [7, 11) is 0. The molecule has 2 aromatic heterocycles. The van der Waals surface area contributed by atoms with Crippen LogP contribution in [-0.4, -0.2) is 10.1 Å². The molecule has 0 bridgehead atoms. The van der Waals surface area contributed by atoms with Crippen molar-refractivity contribution in [2.24, 2.45) is 0 Å². The summed E-state index contributed by atoms with van der Waals surface area (Å²) in [5.74, 6) is 0.150. The van der Waals surface area contributed by atoms with Gasteiger partial charge in [-0.1, -0.05) is 6.07 Å². The zero-order valence-electron chi connectivity index (χ0n) is 9.14. The van der Waals surface area contributed by atoms with Gasteiger partial charge in [0.05, 0.1) is 9.89 Å². The first-order valence-corrected chi connectivity index (χ1v) is 7.24. The predicted molar refractivity (Wildman–Crippen MR) is 72.3 cm³/mol. The third-order valence-corrected chi connectivity index (χ3v) is 4.96. The van der Waals surface area contributed by atoms with Crippen LogP contribution in [0, 0.1) is 0 Å². The zero-order chi connectivity index (χ0) is 11.8. The predicted octanol–water partition coefficient (Wildman–Crippen LogP) is 3.67. The van der Waals surface area contributed by atoms with Crippen LogP contribution in [0.3, 0.4) is 0 Å². The molecule has 0 fully saturated rings. The fraction of sp³-hybridized carbons (Fsp3) is 0.308. The lowest BCUT2D eigenvalue weighted by Gasteiger charge is -2.16. The van der Waals surface area contributed by atoms with Crippen LogP contribution in [0.15, 0.2) is 34.2 Å². The van der Waals surface area contributed by atoms with E-state index in [-0.39, 0.29) is 5.92 Å². The average Bonchev–Trinajstić information content (AvgIpc) is 2.94. The van der Waals surface area contributed by atoms with Crippen molar-refractivity contribution < 1.29 is 5.11 Å². The summed E-state index contributed by atoms with van der Waals surface area (Å²) < 4.78 is 1.06. The van der Waals surface area contributed by atoms with E-state index < -0.39 is 6.10 Å². The number of aliphatic hydroxyl groups is 1. The van der Waals surface area contributed by atoms with E-state index in [0.717, 1.165) is 27.2 Å². The molecule has 4 heteroatoms. The number of nitrogens with zero attached hydrogens (tertiary/aromatic N) is 1. The van der Waals surface area contributed by atoms with E-state index in [9.17, 15) is 5.11 Å². The van der Waals surface area contributed by atoms with Crippen molar-refractivity contribution >= 4 is 27.3 Å². The van der Waals surface area contributed by atoms with Crippen molar-refractivity contribution in [1.82, 2.24) is 4.98 Å². The summed E-state index contributed by atoms with van der Waals surface area (Å²) in [6, 6.07) is 8.05. The first kappa shape index (κ1) is 11.4. The van der Waals surface area contributed by atoms with E-state index in [1.54, 1.807) is 11.3 Å². The van der Waals surface area contributed by atoms with Gasteiger partial charge in [-0.3, -0.25) is 4.98 Å². The van der Waals surface area contributed by atoms with E-state index in [1.807, 2.05) is 24.4 Å². The van der Waals surface area contributed by atoms with Crippen LogP contribution in [0.5, 0.6) is 0 Å². The van der Waals surface area contributed by atoms with Gasteiger partial charge in [-0.2, -0.15) is 0 Å². The molecule has 2 aromatic rings. The van der Waals surface area contributed by atoms with E-state index in [2.05, 4.69) is 27.0 Å². The minimum Gasteiger partial charge on any atom is -0.387 e. The van der Waals surface area contributed by atoms with Gasteiger partial charge in [0, 0.05) is 22.7 Å². The lowest BCUT2D eigenvalue weighted by atomic mass is 9.98. The molecule has 17 heavy (non-hydrogen) atoms. The van der Waals surface area contributed by atoms with Crippen LogP contribution < -0.4 is 0 Å². The maximum Gasteiger partial charge on any atom is 0.0965 e. The number of rotatable bonds is 2. The van der Waals surface area contributed by atoms with Crippen molar-refractivity contribution in [3.05, 3.63) is 50.4 Å². The molecule has 0 aliphatic heterocycles. The van der Waals surface area contributed by atoms with E-state index >= 15 is 0 Å². The van der Waals surface area contributed by atoms with Crippen LogP contribution in [0.4, 0.5) is 0 Å². The Balaban J connectivity index is 1.92. The molecule has 0 radical (unpaired) electrons.